The highest BCUT2D eigenvalue weighted by Gasteiger charge is 2.14. The molecular weight excluding hydrogens is 243 g/mol. The highest BCUT2D eigenvalue weighted by molar-refractivity contribution is 7.34. The van der Waals surface area contributed by atoms with E-state index in [2.05, 4.69) is 30.7 Å². The van der Waals surface area contributed by atoms with Crippen LogP contribution in [0, 0.1) is 0 Å². The molecule has 2 aromatic rings. The van der Waals surface area contributed by atoms with Gasteiger partial charge in [0.2, 0.25) is 0 Å². The molecule has 0 saturated carbocycles. The van der Waals surface area contributed by atoms with Gasteiger partial charge in [-0.3, -0.25) is 14.5 Å². The Morgan fingerprint density at radius 3 is 2.22 bits per heavy atom. The van der Waals surface area contributed by atoms with Crippen molar-refractivity contribution in [3.05, 3.63) is 42.2 Å². The van der Waals surface area contributed by atoms with Crippen LogP contribution < -0.4 is 5.30 Å². The van der Waals surface area contributed by atoms with Crippen molar-refractivity contribution in [3.8, 4) is 11.4 Å². The van der Waals surface area contributed by atoms with E-state index in [1.54, 1.807) is 24.5 Å². The molecule has 0 aromatic carbocycles. The van der Waals surface area contributed by atoms with Gasteiger partial charge >= 0.3 is 0 Å². The minimum atomic E-state index is 0.00473. The third-order valence-corrected chi connectivity index (χ3v) is 3.23. The van der Waals surface area contributed by atoms with E-state index in [1.165, 1.54) is 5.56 Å². The highest BCUT2D eigenvalue weighted by Crippen LogP contribution is 2.24. The summed E-state index contributed by atoms with van der Waals surface area (Å²) in [7, 11) is 0.00473. The van der Waals surface area contributed by atoms with Crippen molar-refractivity contribution >= 4 is 13.8 Å². The molecule has 18 heavy (non-hydrogen) atoms. The Morgan fingerprint density at radius 1 is 1.00 bits per heavy atom. The molecule has 0 unspecified atom stereocenters. The number of aromatic nitrogens is 2. The number of hydrogen-bond acceptors (Lipinski definition) is 3. The molecule has 0 aliphatic heterocycles. The van der Waals surface area contributed by atoms with E-state index in [9.17, 15) is 4.57 Å². The zero-order valence-electron chi connectivity index (χ0n) is 10.7. The highest BCUT2D eigenvalue weighted by atomic mass is 31.1. The van der Waals surface area contributed by atoms with Crippen LogP contribution in [0.1, 0.15) is 26.3 Å². The largest absolute Gasteiger partial charge is 0.269 e. The molecule has 0 fully saturated rings. The first-order chi connectivity index (χ1) is 8.50. The first kappa shape index (κ1) is 12.8. The fourth-order valence-electron chi connectivity index (χ4n) is 1.65. The second kappa shape index (κ2) is 4.95. The maximum absolute atomic E-state index is 10.9. The molecule has 2 rings (SSSR count). The fourth-order valence-corrected chi connectivity index (χ4v) is 1.96. The third-order valence-electron chi connectivity index (χ3n) is 2.74. The molecule has 0 aliphatic carbocycles. The second-order valence-electron chi connectivity index (χ2n) is 5.17. The van der Waals surface area contributed by atoms with Gasteiger partial charge in [0.25, 0.3) is 0 Å². The third kappa shape index (κ3) is 2.80. The molecule has 0 amide bonds. The van der Waals surface area contributed by atoms with Crippen molar-refractivity contribution in [1.82, 2.24) is 9.97 Å². The summed E-state index contributed by atoms with van der Waals surface area (Å²) in [5.41, 5.74) is 2.85. The predicted octanol–water partition coefficient (Wildman–Crippen LogP) is 3.36. The zero-order valence-corrected chi connectivity index (χ0v) is 11.6. The van der Waals surface area contributed by atoms with Crippen molar-refractivity contribution in [2.75, 3.05) is 0 Å². The van der Waals surface area contributed by atoms with Crippen molar-refractivity contribution in [2.45, 2.75) is 26.2 Å². The SMILES string of the molecule is CC(C)(C)c1ccnc(-c2cc(P=O)ccn2)c1. The number of hydrogen-bond donors (Lipinski definition) is 0. The molecule has 2 aromatic heterocycles. The summed E-state index contributed by atoms with van der Waals surface area (Å²) in [5, 5.41) is 0.711. The van der Waals surface area contributed by atoms with Crippen molar-refractivity contribution in [3.63, 3.8) is 0 Å². The topological polar surface area (TPSA) is 42.9 Å². The van der Waals surface area contributed by atoms with Crippen LogP contribution in [0.25, 0.3) is 11.4 Å². The number of pyridine rings is 2. The summed E-state index contributed by atoms with van der Waals surface area (Å²) in [6.07, 6.45) is 3.44. The van der Waals surface area contributed by atoms with E-state index in [0.29, 0.717) is 5.30 Å². The van der Waals surface area contributed by atoms with Gasteiger partial charge in [0.05, 0.1) is 11.4 Å². The van der Waals surface area contributed by atoms with E-state index in [1.807, 2.05) is 12.1 Å². The quantitative estimate of drug-likeness (QED) is 0.776. The van der Waals surface area contributed by atoms with Gasteiger partial charge in [-0.2, -0.15) is 0 Å². The van der Waals surface area contributed by atoms with Gasteiger partial charge in [-0.1, -0.05) is 20.8 Å². The van der Waals surface area contributed by atoms with E-state index in [0.717, 1.165) is 11.4 Å². The van der Waals surface area contributed by atoms with Crippen LogP contribution in [0.15, 0.2) is 36.7 Å². The standard InChI is InChI=1S/C14H15N2OP/c1-14(2,3)10-4-6-15-12(8-10)13-9-11(18-17)5-7-16-13/h4-9H,1-3H3. The lowest BCUT2D eigenvalue weighted by Gasteiger charge is -2.19. The summed E-state index contributed by atoms with van der Waals surface area (Å²) >= 11 is 0. The maximum atomic E-state index is 10.9. The van der Waals surface area contributed by atoms with Crippen LogP contribution in [-0.2, 0) is 9.98 Å². The Kier molecular flexibility index (Phi) is 3.53. The molecule has 3 nitrogen and oxygen atoms in total. The van der Waals surface area contributed by atoms with Crippen LogP contribution in [0.3, 0.4) is 0 Å². The summed E-state index contributed by atoms with van der Waals surface area (Å²) in [6.45, 7) is 6.48. The van der Waals surface area contributed by atoms with Crippen molar-refractivity contribution in [2.24, 2.45) is 0 Å². The minimum Gasteiger partial charge on any atom is -0.269 e. The summed E-state index contributed by atoms with van der Waals surface area (Å²) in [5.74, 6) is 0. The Bertz CT molecular complexity index is 576. The minimum absolute atomic E-state index is 0.00473. The van der Waals surface area contributed by atoms with Gasteiger partial charge in [0.1, 0.15) is 0 Å². The molecule has 0 spiro atoms. The van der Waals surface area contributed by atoms with Gasteiger partial charge in [-0.15, -0.1) is 0 Å². The Balaban J connectivity index is 2.47. The number of rotatable bonds is 2. The maximum Gasteiger partial charge on any atom is 0.192 e. The molecule has 0 atom stereocenters. The Hall–Kier alpha value is -1.60. The van der Waals surface area contributed by atoms with Crippen LogP contribution in [0.4, 0.5) is 0 Å². The summed E-state index contributed by atoms with van der Waals surface area (Å²) in [6, 6.07) is 7.57. The summed E-state index contributed by atoms with van der Waals surface area (Å²) in [4.78, 5) is 8.61. The normalized spacial score (nSPS) is 11.7. The van der Waals surface area contributed by atoms with Crippen LogP contribution in [0.5, 0.6) is 0 Å². The van der Waals surface area contributed by atoms with Gasteiger partial charge in [-0.25, -0.2) is 0 Å². The lowest BCUT2D eigenvalue weighted by molar-refractivity contribution is 0.589. The molecule has 4 heteroatoms. The molecule has 2 heterocycles. The fraction of sp³-hybridized carbons (Fsp3) is 0.286. The molecular formula is C14H15N2OP. The van der Waals surface area contributed by atoms with Crippen LogP contribution >= 0.6 is 8.46 Å². The predicted molar refractivity (Wildman–Crippen MR) is 73.4 cm³/mol. The molecule has 0 radical (unpaired) electrons. The number of nitrogens with zero attached hydrogens (tertiary/aromatic N) is 2. The second-order valence-corrected chi connectivity index (χ2v) is 5.87. The van der Waals surface area contributed by atoms with Gasteiger partial charge in [-0.05, 0) is 35.2 Å². The Morgan fingerprint density at radius 2 is 1.61 bits per heavy atom. The van der Waals surface area contributed by atoms with E-state index < -0.39 is 0 Å². The lowest BCUT2D eigenvalue weighted by atomic mass is 9.87. The molecule has 0 bridgehead atoms. The van der Waals surface area contributed by atoms with Gasteiger partial charge < -0.3 is 0 Å². The van der Waals surface area contributed by atoms with Crippen LogP contribution in [-0.4, -0.2) is 9.97 Å². The van der Waals surface area contributed by atoms with Gasteiger partial charge in [0, 0.05) is 17.7 Å². The lowest BCUT2D eigenvalue weighted by Crippen LogP contribution is -2.11. The van der Waals surface area contributed by atoms with Gasteiger partial charge in [0.15, 0.2) is 8.46 Å². The van der Waals surface area contributed by atoms with Crippen LogP contribution in [0.2, 0.25) is 0 Å². The van der Waals surface area contributed by atoms with E-state index in [4.69, 9.17) is 0 Å². The van der Waals surface area contributed by atoms with E-state index in [-0.39, 0.29) is 13.9 Å². The Labute approximate surface area is 109 Å². The zero-order chi connectivity index (χ0) is 13.2. The summed E-state index contributed by atoms with van der Waals surface area (Å²) < 4.78 is 10.9. The molecule has 0 N–H and O–H groups in total. The monoisotopic (exact) mass is 258 g/mol. The van der Waals surface area contributed by atoms with Crippen molar-refractivity contribution in [1.29, 1.82) is 0 Å². The first-order valence-electron chi connectivity index (χ1n) is 5.77. The first-order valence-corrected chi connectivity index (χ1v) is 6.58. The van der Waals surface area contributed by atoms with E-state index >= 15 is 0 Å². The molecule has 0 saturated heterocycles. The smallest absolute Gasteiger partial charge is 0.192 e. The average molecular weight is 258 g/mol. The molecule has 0 aliphatic rings. The van der Waals surface area contributed by atoms with Crippen molar-refractivity contribution < 1.29 is 4.57 Å². The molecule has 92 valence electrons. The average Bonchev–Trinajstić information content (AvgIpc) is 2.38.